The van der Waals surface area contributed by atoms with Gasteiger partial charge in [-0.05, 0) is 0 Å². The van der Waals surface area contributed by atoms with Crippen molar-refractivity contribution >= 4 is 23.0 Å². The lowest BCUT2D eigenvalue weighted by Crippen LogP contribution is -2.29. The Morgan fingerprint density at radius 3 is 2.95 bits per heavy atom. The molecule has 0 aliphatic carbocycles. The van der Waals surface area contributed by atoms with E-state index < -0.39 is 18.4 Å². The van der Waals surface area contributed by atoms with Gasteiger partial charge in [-0.15, -0.1) is 0 Å². The number of aromatic nitrogens is 4. The first-order valence-electron chi connectivity index (χ1n) is 5.45. The van der Waals surface area contributed by atoms with E-state index >= 15 is 0 Å². The molecule has 0 bridgehead atoms. The van der Waals surface area contributed by atoms with Crippen molar-refractivity contribution in [3.63, 3.8) is 0 Å². The fourth-order valence-corrected chi connectivity index (χ4v) is 1.54. The molecule has 9 nitrogen and oxygen atoms in total. The van der Waals surface area contributed by atoms with Crippen molar-refractivity contribution < 1.29 is 14.7 Å². The van der Waals surface area contributed by atoms with Gasteiger partial charge in [0.05, 0.1) is 12.7 Å². The van der Waals surface area contributed by atoms with E-state index in [4.69, 9.17) is 5.11 Å². The van der Waals surface area contributed by atoms with Crippen molar-refractivity contribution in [2.24, 2.45) is 0 Å². The topological polar surface area (TPSA) is 130 Å². The van der Waals surface area contributed by atoms with Gasteiger partial charge in [-0.2, -0.15) is 0 Å². The second-order valence-electron chi connectivity index (χ2n) is 3.76. The number of aromatic amines is 1. The van der Waals surface area contributed by atoms with E-state index in [1.165, 1.54) is 12.7 Å². The SMILES string of the molecule is O=C(O)CNC(=O)CCn1cnc2c(=O)[nH]cnc21. The highest BCUT2D eigenvalue weighted by Gasteiger charge is 2.09. The van der Waals surface area contributed by atoms with Crippen LogP contribution in [-0.4, -0.2) is 43.0 Å². The molecule has 0 unspecified atom stereocenters. The Morgan fingerprint density at radius 1 is 1.42 bits per heavy atom. The van der Waals surface area contributed by atoms with E-state index in [2.05, 4.69) is 20.3 Å². The molecule has 0 saturated heterocycles. The fourth-order valence-electron chi connectivity index (χ4n) is 1.54. The largest absolute Gasteiger partial charge is 0.480 e. The summed E-state index contributed by atoms with van der Waals surface area (Å²) in [7, 11) is 0. The number of nitrogens with one attached hydrogen (secondary N) is 2. The fraction of sp³-hybridized carbons (Fsp3) is 0.300. The molecule has 9 heteroatoms. The average Bonchev–Trinajstić information content (AvgIpc) is 2.78. The number of aliphatic carboxylic acids is 1. The number of rotatable bonds is 5. The summed E-state index contributed by atoms with van der Waals surface area (Å²) in [4.78, 5) is 43.3. The molecule has 0 fully saturated rings. The monoisotopic (exact) mass is 265 g/mol. The van der Waals surface area contributed by atoms with E-state index in [0.29, 0.717) is 5.65 Å². The van der Waals surface area contributed by atoms with Crippen LogP contribution >= 0.6 is 0 Å². The number of hydrogen-bond acceptors (Lipinski definition) is 5. The number of aryl methyl sites for hydroxylation is 1. The van der Waals surface area contributed by atoms with Gasteiger partial charge in [0.15, 0.2) is 11.2 Å². The lowest BCUT2D eigenvalue weighted by atomic mass is 10.4. The molecule has 0 aliphatic rings. The summed E-state index contributed by atoms with van der Waals surface area (Å²) in [5.41, 5.74) is 0.238. The van der Waals surface area contributed by atoms with E-state index in [0.717, 1.165) is 0 Å². The van der Waals surface area contributed by atoms with Crippen LogP contribution in [0.1, 0.15) is 6.42 Å². The van der Waals surface area contributed by atoms with Crippen LogP contribution in [0.3, 0.4) is 0 Å². The maximum absolute atomic E-state index is 11.4. The second kappa shape index (κ2) is 5.29. The van der Waals surface area contributed by atoms with Crippen molar-refractivity contribution in [3.8, 4) is 0 Å². The van der Waals surface area contributed by atoms with Gasteiger partial charge in [0.25, 0.3) is 5.56 Å². The van der Waals surface area contributed by atoms with Gasteiger partial charge in [-0.1, -0.05) is 0 Å². The molecule has 100 valence electrons. The molecule has 3 N–H and O–H groups in total. The number of carbonyl (C=O) groups is 2. The predicted molar refractivity (Wildman–Crippen MR) is 63.4 cm³/mol. The van der Waals surface area contributed by atoms with Crippen molar-refractivity contribution in [2.75, 3.05) is 6.54 Å². The number of imidazole rings is 1. The Balaban J connectivity index is 2.02. The molecule has 0 aromatic carbocycles. The van der Waals surface area contributed by atoms with Crippen LogP contribution in [0.15, 0.2) is 17.4 Å². The molecule has 0 aliphatic heterocycles. The first kappa shape index (κ1) is 12.7. The van der Waals surface area contributed by atoms with Crippen molar-refractivity contribution in [2.45, 2.75) is 13.0 Å². The Morgan fingerprint density at radius 2 is 2.21 bits per heavy atom. The molecule has 2 heterocycles. The summed E-state index contributed by atoms with van der Waals surface area (Å²) in [6.07, 6.45) is 2.75. The molecule has 2 aromatic rings. The van der Waals surface area contributed by atoms with Gasteiger partial charge in [0.2, 0.25) is 5.91 Å². The number of carboxylic acid groups (broad SMARTS) is 1. The second-order valence-corrected chi connectivity index (χ2v) is 3.76. The maximum atomic E-state index is 11.4. The minimum absolute atomic E-state index is 0.0766. The average molecular weight is 265 g/mol. The summed E-state index contributed by atoms with van der Waals surface area (Å²) < 4.78 is 1.56. The van der Waals surface area contributed by atoms with Crippen molar-refractivity contribution in [1.29, 1.82) is 0 Å². The Bertz CT molecular complexity index is 674. The van der Waals surface area contributed by atoms with Gasteiger partial charge < -0.3 is 20.0 Å². The highest BCUT2D eigenvalue weighted by Crippen LogP contribution is 2.04. The lowest BCUT2D eigenvalue weighted by molar-refractivity contribution is -0.137. The van der Waals surface area contributed by atoms with Gasteiger partial charge >= 0.3 is 5.97 Å². The summed E-state index contributed by atoms with van der Waals surface area (Å²) >= 11 is 0. The third-order valence-corrected chi connectivity index (χ3v) is 2.42. The number of carbonyl (C=O) groups excluding carboxylic acids is 1. The molecule has 0 spiro atoms. The summed E-state index contributed by atoms with van der Waals surface area (Å²) in [6, 6.07) is 0. The quantitative estimate of drug-likeness (QED) is 0.616. The first-order valence-corrected chi connectivity index (χ1v) is 5.45. The summed E-state index contributed by atoms with van der Waals surface area (Å²) in [5, 5.41) is 10.7. The molecular weight excluding hydrogens is 254 g/mol. The van der Waals surface area contributed by atoms with Crippen LogP contribution < -0.4 is 10.9 Å². The zero-order valence-electron chi connectivity index (χ0n) is 9.79. The first-order chi connectivity index (χ1) is 9.08. The number of nitrogens with zero attached hydrogens (tertiary/aromatic N) is 3. The molecule has 0 atom stereocenters. The zero-order valence-corrected chi connectivity index (χ0v) is 9.79. The van der Waals surface area contributed by atoms with E-state index in [9.17, 15) is 14.4 Å². The summed E-state index contributed by atoms with van der Waals surface area (Å²) in [5.74, 6) is -1.50. The van der Waals surface area contributed by atoms with Gasteiger partial charge in [-0.25, -0.2) is 9.97 Å². The van der Waals surface area contributed by atoms with Crippen LogP contribution in [0.25, 0.3) is 11.2 Å². The predicted octanol–water partition coefficient (Wildman–Crippen LogP) is -1.29. The molecule has 0 saturated carbocycles. The Hall–Kier alpha value is -2.71. The molecule has 2 aromatic heterocycles. The zero-order chi connectivity index (χ0) is 13.8. The van der Waals surface area contributed by atoms with Gasteiger partial charge in [-0.3, -0.25) is 14.4 Å². The van der Waals surface area contributed by atoms with E-state index in [1.54, 1.807) is 4.57 Å². The molecule has 1 amide bonds. The Kier molecular flexibility index (Phi) is 3.55. The number of amides is 1. The maximum Gasteiger partial charge on any atom is 0.322 e. The minimum Gasteiger partial charge on any atom is -0.480 e. The number of carboxylic acids is 1. The molecule has 0 radical (unpaired) electrons. The third-order valence-electron chi connectivity index (χ3n) is 2.42. The van der Waals surface area contributed by atoms with Crippen LogP contribution in [0.4, 0.5) is 0 Å². The number of H-pyrrole nitrogens is 1. The van der Waals surface area contributed by atoms with Crippen LogP contribution in [0, 0.1) is 0 Å². The highest BCUT2D eigenvalue weighted by atomic mass is 16.4. The van der Waals surface area contributed by atoms with Crippen LogP contribution in [0.2, 0.25) is 0 Å². The lowest BCUT2D eigenvalue weighted by Gasteiger charge is -2.03. The third kappa shape index (κ3) is 2.94. The van der Waals surface area contributed by atoms with Crippen LogP contribution in [0.5, 0.6) is 0 Å². The van der Waals surface area contributed by atoms with E-state index in [-0.39, 0.29) is 24.0 Å². The molecule has 2 rings (SSSR count). The number of fused-ring (bicyclic) bond motifs is 1. The Labute approximate surface area is 106 Å². The standard InChI is InChI=1S/C10H11N5O4/c16-6(11-3-7(17)18)1-2-15-5-14-8-9(15)12-4-13-10(8)19/h4-5H,1-3H2,(H,11,16)(H,17,18)(H,12,13,19). The summed E-state index contributed by atoms with van der Waals surface area (Å²) in [6.45, 7) is -0.153. The molecule has 19 heavy (non-hydrogen) atoms. The van der Waals surface area contributed by atoms with Gasteiger partial charge in [0, 0.05) is 13.0 Å². The molecular formula is C10H11N5O4. The van der Waals surface area contributed by atoms with Crippen molar-refractivity contribution in [3.05, 3.63) is 23.0 Å². The van der Waals surface area contributed by atoms with E-state index in [1.807, 2.05) is 0 Å². The smallest absolute Gasteiger partial charge is 0.322 e. The minimum atomic E-state index is -1.10. The normalized spacial score (nSPS) is 10.5. The highest BCUT2D eigenvalue weighted by molar-refractivity contribution is 5.81. The van der Waals surface area contributed by atoms with Crippen LogP contribution in [-0.2, 0) is 16.1 Å². The van der Waals surface area contributed by atoms with Gasteiger partial charge in [0.1, 0.15) is 6.54 Å². The number of hydrogen-bond donors (Lipinski definition) is 3. The van der Waals surface area contributed by atoms with Crippen molar-refractivity contribution in [1.82, 2.24) is 24.8 Å².